The monoisotopic (exact) mass is 293 g/mol. The molecule has 0 saturated carbocycles. The number of rotatable bonds is 3. The average Bonchev–Trinajstić information content (AvgIpc) is 2.55. The predicted octanol–water partition coefficient (Wildman–Crippen LogP) is 4.41. The van der Waals surface area contributed by atoms with Crippen molar-refractivity contribution in [2.45, 2.75) is 6.92 Å². The first kappa shape index (κ1) is 14.3. The molecule has 22 heavy (non-hydrogen) atoms. The molecule has 0 heterocycles. The van der Waals surface area contributed by atoms with E-state index in [-0.39, 0.29) is 0 Å². The minimum absolute atomic E-state index is 0.764. The van der Waals surface area contributed by atoms with E-state index in [2.05, 4.69) is 19.1 Å². The Morgan fingerprint density at radius 3 is 2.41 bits per heavy atom. The topological polar surface area (TPSA) is 44.5 Å². The average molecular weight is 293 g/mol. The van der Waals surface area contributed by atoms with E-state index in [1.165, 1.54) is 5.56 Å². The van der Waals surface area contributed by atoms with Crippen LogP contribution in [0, 0.1) is 6.92 Å². The molecule has 0 bridgehead atoms. The Bertz CT molecular complexity index is 840. The second-order valence-electron chi connectivity index (χ2n) is 5.36. The van der Waals surface area contributed by atoms with E-state index >= 15 is 0 Å². The van der Waals surface area contributed by atoms with E-state index in [0.29, 0.717) is 0 Å². The molecule has 3 aromatic rings. The van der Waals surface area contributed by atoms with Gasteiger partial charge in [0.15, 0.2) is 0 Å². The van der Waals surface area contributed by atoms with Gasteiger partial charge in [0, 0.05) is 16.6 Å². The maximum absolute atomic E-state index is 6.14. The van der Waals surface area contributed by atoms with E-state index in [1.54, 1.807) is 14.2 Å². The number of hydrogen-bond acceptors (Lipinski definition) is 3. The second-order valence-corrected chi connectivity index (χ2v) is 5.36. The Kier molecular flexibility index (Phi) is 3.63. The van der Waals surface area contributed by atoms with Crippen LogP contribution in [0.25, 0.3) is 21.9 Å². The summed E-state index contributed by atoms with van der Waals surface area (Å²) in [6.45, 7) is 2.06. The molecule has 0 amide bonds. The molecule has 0 aromatic heterocycles. The van der Waals surface area contributed by atoms with Gasteiger partial charge < -0.3 is 15.2 Å². The minimum atomic E-state index is 0.764. The fourth-order valence-corrected chi connectivity index (χ4v) is 2.67. The van der Waals surface area contributed by atoms with Crippen molar-refractivity contribution in [3.05, 3.63) is 54.1 Å². The van der Waals surface area contributed by atoms with Crippen LogP contribution in [0.15, 0.2) is 48.5 Å². The Balaban J connectivity index is 2.26. The van der Waals surface area contributed by atoms with Gasteiger partial charge in [0.2, 0.25) is 0 Å². The number of nitrogen functional groups attached to an aromatic ring is 1. The molecule has 0 aliphatic heterocycles. The van der Waals surface area contributed by atoms with Crippen LogP contribution in [0.3, 0.4) is 0 Å². The molecule has 3 heteroatoms. The highest BCUT2D eigenvalue weighted by Crippen LogP contribution is 2.36. The lowest BCUT2D eigenvalue weighted by atomic mass is 9.97. The van der Waals surface area contributed by atoms with Crippen LogP contribution in [0.1, 0.15) is 5.56 Å². The fourth-order valence-electron chi connectivity index (χ4n) is 2.67. The van der Waals surface area contributed by atoms with Crippen LogP contribution in [0.2, 0.25) is 0 Å². The highest BCUT2D eigenvalue weighted by Gasteiger charge is 2.10. The quantitative estimate of drug-likeness (QED) is 0.727. The van der Waals surface area contributed by atoms with E-state index in [0.717, 1.165) is 39.1 Å². The van der Waals surface area contributed by atoms with Crippen LogP contribution in [0.5, 0.6) is 11.5 Å². The summed E-state index contributed by atoms with van der Waals surface area (Å²) in [6.07, 6.45) is 0. The molecular weight excluding hydrogens is 274 g/mol. The normalized spacial score (nSPS) is 10.7. The number of aryl methyl sites for hydroxylation is 1. The summed E-state index contributed by atoms with van der Waals surface area (Å²) in [5.41, 5.74) is 10.2. The van der Waals surface area contributed by atoms with Gasteiger partial charge in [0.1, 0.15) is 11.5 Å². The molecule has 0 unspecified atom stereocenters. The molecule has 0 fully saturated rings. The van der Waals surface area contributed by atoms with Crippen LogP contribution >= 0.6 is 0 Å². The molecule has 0 saturated heterocycles. The third-order valence-corrected chi connectivity index (χ3v) is 3.86. The number of anilines is 1. The van der Waals surface area contributed by atoms with Gasteiger partial charge in [-0.3, -0.25) is 0 Å². The molecule has 0 spiro atoms. The summed E-state index contributed by atoms with van der Waals surface area (Å²) < 4.78 is 10.9. The largest absolute Gasteiger partial charge is 0.497 e. The first-order valence-corrected chi connectivity index (χ1v) is 7.14. The van der Waals surface area contributed by atoms with E-state index in [1.807, 2.05) is 36.4 Å². The van der Waals surface area contributed by atoms with Crippen molar-refractivity contribution in [1.82, 2.24) is 0 Å². The Morgan fingerprint density at radius 1 is 0.864 bits per heavy atom. The maximum Gasteiger partial charge on any atom is 0.127 e. The van der Waals surface area contributed by atoms with Crippen molar-refractivity contribution >= 4 is 16.5 Å². The zero-order valence-electron chi connectivity index (χ0n) is 13.0. The van der Waals surface area contributed by atoms with E-state index in [4.69, 9.17) is 15.2 Å². The summed E-state index contributed by atoms with van der Waals surface area (Å²) >= 11 is 0. The molecule has 3 rings (SSSR count). The van der Waals surface area contributed by atoms with Crippen LogP contribution in [-0.4, -0.2) is 14.2 Å². The SMILES string of the molecule is COc1ccc2cc(-c3cc(C)ccc3N)cc(OC)c2c1. The maximum atomic E-state index is 6.14. The van der Waals surface area contributed by atoms with Crippen molar-refractivity contribution in [2.75, 3.05) is 20.0 Å². The van der Waals surface area contributed by atoms with Gasteiger partial charge in [-0.05, 0) is 54.3 Å². The molecular formula is C19H19NO2. The number of nitrogens with two attached hydrogens (primary N) is 1. The lowest BCUT2D eigenvalue weighted by Gasteiger charge is -2.13. The van der Waals surface area contributed by atoms with Crippen molar-refractivity contribution in [3.8, 4) is 22.6 Å². The third kappa shape index (κ3) is 2.46. The molecule has 0 atom stereocenters. The molecule has 3 aromatic carbocycles. The van der Waals surface area contributed by atoms with Crippen LogP contribution < -0.4 is 15.2 Å². The number of benzene rings is 3. The minimum Gasteiger partial charge on any atom is -0.497 e. The van der Waals surface area contributed by atoms with Gasteiger partial charge in [-0.25, -0.2) is 0 Å². The van der Waals surface area contributed by atoms with Crippen molar-refractivity contribution in [3.63, 3.8) is 0 Å². The van der Waals surface area contributed by atoms with Gasteiger partial charge in [0.05, 0.1) is 14.2 Å². The van der Waals surface area contributed by atoms with Crippen LogP contribution in [0.4, 0.5) is 5.69 Å². The van der Waals surface area contributed by atoms with E-state index in [9.17, 15) is 0 Å². The van der Waals surface area contributed by atoms with Gasteiger partial charge >= 0.3 is 0 Å². The van der Waals surface area contributed by atoms with Gasteiger partial charge in [0.25, 0.3) is 0 Å². The lowest BCUT2D eigenvalue weighted by Crippen LogP contribution is -1.93. The number of fused-ring (bicyclic) bond motifs is 1. The number of methoxy groups -OCH3 is 2. The smallest absolute Gasteiger partial charge is 0.127 e. The van der Waals surface area contributed by atoms with Gasteiger partial charge in [-0.2, -0.15) is 0 Å². The zero-order valence-corrected chi connectivity index (χ0v) is 13.0. The van der Waals surface area contributed by atoms with Crippen molar-refractivity contribution < 1.29 is 9.47 Å². The van der Waals surface area contributed by atoms with Crippen molar-refractivity contribution in [1.29, 1.82) is 0 Å². The predicted molar refractivity (Wildman–Crippen MR) is 91.6 cm³/mol. The standard InChI is InChI=1S/C19H19NO2/c1-12-4-7-18(20)16(8-12)14-9-13-5-6-15(21-2)11-17(13)19(10-14)22-3/h4-11H,20H2,1-3H3. The Hall–Kier alpha value is -2.68. The molecule has 2 N–H and O–H groups in total. The molecule has 0 aliphatic rings. The Labute approximate surface area is 130 Å². The molecule has 0 radical (unpaired) electrons. The molecule has 3 nitrogen and oxygen atoms in total. The highest BCUT2D eigenvalue weighted by molar-refractivity contribution is 5.95. The van der Waals surface area contributed by atoms with Gasteiger partial charge in [-0.15, -0.1) is 0 Å². The van der Waals surface area contributed by atoms with Gasteiger partial charge in [-0.1, -0.05) is 17.7 Å². The second kappa shape index (κ2) is 5.60. The highest BCUT2D eigenvalue weighted by atomic mass is 16.5. The molecule has 0 aliphatic carbocycles. The van der Waals surface area contributed by atoms with E-state index < -0.39 is 0 Å². The number of hydrogen-bond donors (Lipinski definition) is 1. The summed E-state index contributed by atoms with van der Waals surface area (Å²) in [5.74, 6) is 1.63. The summed E-state index contributed by atoms with van der Waals surface area (Å²) in [7, 11) is 3.34. The number of ether oxygens (including phenoxy) is 2. The first-order chi connectivity index (χ1) is 10.6. The van der Waals surface area contributed by atoms with Crippen molar-refractivity contribution in [2.24, 2.45) is 0 Å². The fraction of sp³-hybridized carbons (Fsp3) is 0.158. The molecule has 112 valence electrons. The summed E-state index contributed by atoms with van der Waals surface area (Å²) in [4.78, 5) is 0. The first-order valence-electron chi connectivity index (χ1n) is 7.14. The zero-order chi connectivity index (χ0) is 15.7. The Morgan fingerprint density at radius 2 is 1.68 bits per heavy atom. The summed E-state index contributed by atoms with van der Waals surface area (Å²) in [5, 5.41) is 2.12. The third-order valence-electron chi connectivity index (χ3n) is 3.86. The summed E-state index contributed by atoms with van der Waals surface area (Å²) in [6, 6.07) is 16.2. The lowest BCUT2D eigenvalue weighted by molar-refractivity contribution is 0.412. The van der Waals surface area contributed by atoms with Crippen LogP contribution in [-0.2, 0) is 0 Å².